The zero-order valence-corrected chi connectivity index (χ0v) is 13.4. The molecule has 1 aliphatic heterocycles. The molecule has 2 nitrogen and oxygen atoms in total. The van der Waals surface area contributed by atoms with E-state index in [1.54, 1.807) is 0 Å². The summed E-state index contributed by atoms with van der Waals surface area (Å²) in [7, 11) is 0. The molecule has 0 spiro atoms. The predicted octanol–water partition coefficient (Wildman–Crippen LogP) is 3.90. The topological polar surface area (TPSA) is 29.3 Å². The van der Waals surface area contributed by atoms with E-state index in [0.29, 0.717) is 0 Å². The van der Waals surface area contributed by atoms with Crippen LogP contribution in [0.3, 0.4) is 0 Å². The molecule has 0 radical (unpaired) electrons. The van der Waals surface area contributed by atoms with Gasteiger partial charge in [-0.15, -0.1) is 0 Å². The third-order valence-corrected chi connectivity index (χ3v) is 5.72. The van der Waals surface area contributed by atoms with Gasteiger partial charge in [-0.1, -0.05) is 43.5 Å². The smallest absolute Gasteiger partial charge is 0.0309 e. The van der Waals surface area contributed by atoms with Crippen LogP contribution in [0, 0.1) is 18.8 Å². The van der Waals surface area contributed by atoms with Crippen molar-refractivity contribution >= 4 is 0 Å². The molecule has 1 aromatic carbocycles. The second kappa shape index (κ2) is 6.93. The normalized spacial score (nSPS) is 28.1. The van der Waals surface area contributed by atoms with E-state index in [9.17, 15) is 0 Å². The highest BCUT2D eigenvalue weighted by atomic mass is 15.1. The zero-order valence-electron chi connectivity index (χ0n) is 13.4. The molecule has 1 saturated heterocycles. The van der Waals surface area contributed by atoms with E-state index in [0.717, 1.165) is 18.3 Å². The first kappa shape index (κ1) is 15.1. The number of fused-ring (bicyclic) bond motifs is 1. The van der Waals surface area contributed by atoms with Gasteiger partial charge in [0.1, 0.15) is 0 Å². The van der Waals surface area contributed by atoms with Crippen molar-refractivity contribution in [3.63, 3.8) is 0 Å². The Labute approximate surface area is 129 Å². The van der Waals surface area contributed by atoms with Gasteiger partial charge in [0, 0.05) is 12.6 Å². The van der Waals surface area contributed by atoms with E-state index < -0.39 is 0 Å². The Morgan fingerprint density at radius 1 is 1.14 bits per heavy atom. The van der Waals surface area contributed by atoms with Crippen LogP contribution in [0.2, 0.25) is 0 Å². The number of piperidine rings is 1. The first-order chi connectivity index (χ1) is 10.2. The van der Waals surface area contributed by atoms with Crippen molar-refractivity contribution in [3.05, 3.63) is 35.4 Å². The largest absolute Gasteiger partial charge is 0.324 e. The van der Waals surface area contributed by atoms with E-state index in [4.69, 9.17) is 5.73 Å². The Bertz CT molecular complexity index is 457. The summed E-state index contributed by atoms with van der Waals surface area (Å²) in [6, 6.07) is 8.75. The number of hydrogen-bond acceptors (Lipinski definition) is 2. The molecule has 0 amide bonds. The van der Waals surface area contributed by atoms with E-state index in [2.05, 4.69) is 36.1 Å². The number of hydrogen-bond donors (Lipinski definition) is 1. The summed E-state index contributed by atoms with van der Waals surface area (Å²) < 4.78 is 0. The van der Waals surface area contributed by atoms with Gasteiger partial charge in [-0.05, 0) is 62.2 Å². The third-order valence-electron chi connectivity index (χ3n) is 5.72. The lowest BCUT2D eigenvalue weighted by atomic mass is 9.75. The van der Waals surface area contributed by atoms with Crippen LogP contribution in [0.5, 0.6) is 0 Å². The maximum atomic E-state index is 6.42. The lowest BCUT2D eigenvalue weighted by molar-refractivity contribution is 0.0848. The Balaban J connectivity index is 1.50. The van der Waals surface area contributed by atoms with Crippen molar-refractivity contribution in [1.29, 1.82) is 0 Å². The molecule has 3 unspecified atom stereocenters. The number of rotatable bonds is 4. The van der Waals surface area contributed by atoms with E-state index in [1.807, 2.05) is 0 Å². The molecule has 1 aliphatic carbocycles. The first-order valence-corrected chi connectivity index (χ1v) is 8.77. The molecule has 0 bridgehead atoms. The summed E-state index contributed by atoms with van der Waals surface area (Å²) in [4.78, 5) is 2.67. The van der Waals surface area contributed by atoms with Gasteiger partial charge in [0.2, 0.25) is 0 Å². The van der Waals surface area contributed by atoms with Gasteiger partial charge in [-0.25, -0.2) is 0 Å². The number of nitrogens with zero attached hydrogens (tertiary/aromatic N) is 1. The molecule has 3 atom stereocenters. The summed E-state index contributed by atoms with van der Waals surface area (Å²) in [6.07, 6.45) is 8.38. The van der Waals surface area contributed by atoms with Crippen molar-refractivity contribution in [2.75, 3.05) is 19.6 Å². The van der Waals surface area contributed by atoms with Crippen LogP contribution in [0.25, 0.3) is 0 Å². The molecule has 2 aliphatic rings. The lowest BCUT2D eigenvalue weighted by Gasteiger charge is -2.41. The van der Waals surface area contributed by atoms with Gasteiger partial charge < -0.3 is 10.6 Å². The molecule has 1 heterocycles. The van der Waals surface area contributed by atoms with Gasteiger partial charge in [0.05, 0.1) is 0 Å². The van der Waals surface area contributed by atoms with Crippen molar-refractivity contribution in [2.24, 2.45) is 17.6 Å². The maximum absolute atomic E-state index is 6.42. The number of nitrogens with two attached hydrogens (primary N) is 1. The Morgan fingerprint density at radius 3 is 2.71 bits per heavy atom. The summed E-state index contributed by atoms with van der Waals surface area (Å²) >= 11 is 0. The van der Waals surface area contributed by atoms with E-state index in [-0.39, 0.29) is 6.04 Å². The molecule has 21 heavy (non-hydrogen) atoms. The Hall–Kier alpha value is -0.860. The minimum atomic E-state index is 0.190. The molecule has 2 fully saturated rings. The van der Waals surface area contributed by atoms with E-state index >= 15 is 0 Å². The molecular formula is C19H30N2. The minimum absolute atomic E-state index is 0.190. The fraction of sp³-hybridized carbons (Fsp3) is 0.684. The van der Waals surface area contributed by atoms with Crippen LogP contribution >= 0.6 is 0 Å². The van der Waals surface area contributed by atoms with Gasteiger partial charge >= 0.3 is 0 Å². The Morgan fingerprint density at radius 2 is 1.90 bits per heavy atom. The zero-order chi connectivity index (χ0) is 14.7. The van der Waals surface area contributed by atoms with Crippen LogP contribution < -0.4 is 5.73 Å². The molecule has 0 aromatic heterocycles. The highest BCUT2D eigenvalue weighted by molar-refractivity contribution is 5.28. The fourth-order valence-corrected chi connectivity index (χ4v) is 4.36. The van der Waals surface area contributed by atoms with Crippen LogP contribution in [0.15, 0.2) is 24.3 Å². The average molecular weight is 286 g/mol. The number of likely N-dealkylation sites (tertiary alicyclic amines) is 1. The average Bonchev–Trinajstić information content (AvgIpc) is 2.53. The monoisotopic (exact) mass is 286 g/mol. The first-order valence-electron chi connectivity index (χ1n) is 8.77. The molecule has 3 rings (SSSR count). The standard InChI is InChI=1S/C19H30N2/c1-15-6-2-5-9-18(15)19(20)11-13-21-12-10-16-7-3-4-8-17(16)14-21/h2,5-6,9,16-17,19H,3-4,7-8,10-14,20H2,1H3. The summed E-state index contributed by atoms with van der Waals surface area (Å²) in [5, 5.41) is 0. The lowest BCUT2D eigenvalue weighted by Crippen LogP contribution is -2.42. The highest BCUT2D eigenvalue weighted by Crippen LogP contribution is 2.36. The number of benzene rings is 1. The van der Waals surface area contributed by atoms with Gasteiger partial charge in [0.25, 0.3) is 0 Å². The van der Waals surface area contributed by atoms with Crippen LogP contribution in [0.1, 0.15) is 55.7 Å². The fourth-order valence-electron chi connectivity index (χ4n) is 4.36. The van der Waals surface area contributed by atoms with Crippen LogP contribution in [-0.2, 0) is 0 Å². The van der Waals surface area contributed by atoms with Crippen LogP contribution in [-0.4, -0.2) is 24.5 Å². The molecule has 116 valence electrons. The maximum Gasteiger partial charge on any atom is 0.0309 e. The second-order valence-corrected chi connectivity index (χ2v) is 7.15. The Kier molecular flexibility index (Phi) is 4.97. The summed E-state index contributed by atoms with van der Waals surface area (Å²) in [6.45, 7) is 5.95. The molecule has 2 N–H and O–H groups in total. The minimum Gasteiger partial charge on any atom is -0.324 e. The van der Waals surface area contributed by atoms with Gasteiger partial charge in [0.15, 0.2) is 0 Å². The number of aryl methyl sites for hydroxylation is 1. The van der Waals surface area contributed by atoms with Crippen molar-refractivity contribution in [2.45, 2.75) is 51.5 Å². The second-order valence-electron chi connectivity index (χ2n) is 7.15. The molecular weight excluding hydrogens is 256 g/mol. The highest BCUT2D eigenvalue weighted by Gasteiger charge is 2.30. The quantitative estimate of drug-likeness (QED) is 0.909. The van der Waals surface area contributed by atoms with Crippen molar-refractivity contribution < 1.29 is 0 Å². The molecule has 2 heteroatoms. The van der Waals surface area contributed by atoms with Crippen molar-refractivity contribution in [3.8, 4) is 0 Å². The van der Waals surface area contributed by atoms with Crippen LogP contribution in [0.4, 0.5) is 0 Å². The SMILES string of the molecule is Cc1ccccc1C(N)CCN1CCC2CCCCC2C1. The summed E-state index contributed by atoms with van der Waals surface area (Å²) in [5.74, 6) is 2.00. The summed E-state index contributed by atoms with van der Waals surface area (Å²) in [5.41, 5.74) is 9.07. The molecule has 1 aromatic rings. The molecule has 1 saturated carbocycles. The third kappa shape index (κ3) is 3.67. The van der Waals surface area contributed by atoms with Gasteiger partial charge in [-0.2, -0.15) is 0 Å². The van der Waals surface area contributed by atoms with E-state index in [1.165, 1.54) is 62.9 Å². The van der Waals surface area contributed by atoms with Gasteiger partial charge in [-0.3, -0.25) is 0 Å². The predicted molar refractivity (Wildman–Crippen MR) is 89.2 cm³/mol. The van der Waals surface area contributed by atoms with Crippen molar-refractivity contribution in [1.82, 2.24) is 4.90 Å².